The average Bonchev–Trinajstić information content (AvgIpc) is 3.61. The SMILES string of the molecule is O=C(NCCCC1CC1)c1ccc(N2CCN(Cc3cc(F)ccc3C(F)(F)F)CC2)nn1. The third kappa shape index (κ3) is 6.40. The highest BCUT2D eigenvalue weighted by molar-refractivity contribution is 5.92. The molecule has 1 N–H and O–H groups in total. The number of piperazine rings is 1. The van der Waals surface area contributed by atoms with Crippen LogP contribution in [0.1, 0.15) is 47.3 Å². The van der Waals surface area contributed by atoms with Crippen LogP contribution in [0.15, 0.2) is 30.3 Å². The molecule has 10 heteroatoms. The predicted molar refractivity (Wildman–Crippen MR) is 115 cm³/mol. The van der Waals surface area contributed by atoms with Gasteiger partial charge in [-0.05, 0) is 54.7 Å². The molecule has 1 aliphatic carbocycles. The Bertz CT molecular complexity index is 954. The Morgan fingerprint density at radius 1 is 1.06 bits per heavy atom. The molecule has 2 heterocycles. The number of hydrogen-bond donors (Lipinski definition) is 1. The summed E-state index contributed by atoms with van der Waals surface area (Å²) in [4.78, 5) is 16.0. The van der Waals surface area contributed by atoms with E-state index in [0.29, 0.717) is 38.5 Å². The molecular formula is C23H27F4N5O. The van der Waals surface area contributed by atoms with E-state index in [-0.39, 0.29) is 23.7 Å². The number of rotatable bonds is 8. The quantitative estimate of drug-likeness (QED) is 0.474. The number of anilines is 1. The van der Waals surface area contributed by atoms with E-state index in [4.69, 9.17) is 0 Å². The van der Waals surface area contributed by atoms with Crippen LogP contribution in [0.4, 0.5) is 23.4 Å². The number of amides is 1. The summed E-state index contributed by atoms with van der Waals surface area (Å²) >= 11 is 0. The number of alkyl halides is 3. The summed E-state index contributed by atoms with van der Waals surface area (Å²) in [6.45, 7) is 2.72. The molecule has 0 radical (unpaired) electrons. The molecule has 1 aliphatic heterocycles. The van der Waals surface area contributed by atoms with Crippen molar-refractivity contribution in [3.05, 3.63) is 53.0 Å². The molecule has 33 heavy (non-hydrogen) atoms. The first-order valence-corrected chi connectivity index (χ1v) is 11.2. The molecule has 0 unspecified atom stereocenters. The van der Waals surface area contributed by atoms with Gasteiger partial charge in [-0.1, -0.05) is 12.8 Å². The minimum Gasteiger partial charge on any atom is -0.353 e. The fourth-order valence-electron chi connectivity index (χ4n) is 4.05. The lowest BCUT2D eigenvalue weighted by molar-refractivity contribution is -0.138. The summed E-state index contributed by atoms with van der Waals surface area (Å²) in [7, 11) is 0. The average molecular weight is 465 g/mol. The molecule has 2 aliphatic rings. The fraction of sp³-hybridized carbons (Fsp3) is 0.522. The van der Waals surface area contributed by atoms with Crippen molar-refractivity contribution in [3.8, 4) is 0 Å². The number of halogens is 4. The molecule has 1 aromatic heterocycles. The summed E-state index contributed by atoms with van der Waals surface area (Å²) in [5, 5.41) is 11.0. The lowest BCUT2D eigenvalue weighted by Gasteiger charge is -2.35. The number of aromatic nitrogens is 2. The van der Waals surface area contributed by atoms with Gasteiger partial charge in [0.15, 0.2) is 11.5 Å². The van der Waals surface area contributed by atoms with Crippen molar-refractivity contribution in [1.29, 1.82) is 0 Å². The molecule has 6 nitrogen and oxygen atoms in total. The molecule has 1 aromatic carbocycles. The summed E-state index contributed by atoms with van der Waals surface area (Å²) in [6.07, 6.45) is 0.189. The summed E-state index contributed by atoms with van der Waals surface area (Å²) in [5.41, 5.74) is -0.614. The van der Waals surface area contributed by atoms with Gasteiger partial charge in [0.2, 0.25) is 0 Å². The standard InChI is InChI=1S/C23H27F4N5O/c24-18-5-6-19(23(25,26)27)17(14-18)15-31-10-12-32(13-11-31)21-8-7-20(29-30-21)22(33)28-9-1-2-16-3-4-16/h5-8,14,16H,1-4,9-13,15H2,(H,28,33). The van der Waals surface area contributed by atoms with Gasteiger partial charge in [0, 0.05) is 39.3 Å². The second-order valence-corrected chi connectivity index (χ2v) is 8.68. The van der Waals surface area contributed by atoms with E-state index < -0.39 is 17.6 Å². The highest BCUT2D eigenvalue weighted by Gasteiger charge is 2.34. The minimum atomic E-state index is -4.52. The maximum Gasteiger partial charge on any atom is 0.416 e. The summed E-state index contributed by atoms with van der Waals surface area (Å²) < 4.78 is 53.3. The van der Waals surface area contributed by atoms with Crippen molar-refractivity contribution < 1.29 is 22.4 Å². The van der Waals surface area contributed by atoms with E-state index in [9.17, 15) is 22.4 Å². The molecule has 1 saturated heterocycles. The van der Waals surface area contributed by atoms with Gasteiger partial charge in [-0.15, -0.1) is 10.2 Å². The van der Waals surface area contributed by atoms with Gasteiger partial charge in [-0.25, -0.2) is 4.39 Å². The Hall–Kier alpha value is -2.75. The molecule has 178 valence electrons. The Labute approximate surface area is 190 Å². The highest BCUT2D eigenvalue weighted by Crippen LogP contribution is 2.34. The smallest absolute Gasteiger partial charge is 0.353 e. The zero-order chi connectivity index (χ0) is 23.4. The van der Waals surface area contributed by atoms with Gasteiger partial charge in [-0.2, -0.15) is 13.2 Å². The molecular weight excluding hydrogens is 438 g/mol. The molecule has 2 aromatic rings. The number of carbonyl (C=O) groups is 1. The Balaban J connectivity index is 1.27. The second-order valence-electron chi connectivity index (χ2n) is 8.68. The van der Waals surface area contributed by atoms with Gasteiger partial charge in [-0.3, -0.25) is 9.69 Å². The largest absolute Gasteiger partial charge is 0.416 e. The lowest BCUT2D eigenvalue weighted by Crippen LogP contribution is -2.46. The normalized spacial score (nSPS) is 17.3. The van der Waals surface area contributed by atoms with Crippen LogP contribution in [0, 0.1) is 11.7 Å². The van der Waals surface area contributed by atoms with Crippen LogP contribution in [-0.4, -0.2) is 53.7 Å². The molecule has 1 saturated carbocycles. The van der Waals surface area contributed by atoms with E-state index >= 15 is 0 Å². The number of nitrogens with one attached hydrogen (secondary N) is 1. The maximum absolute atomic E-state index is 13.5. The van der Waals surface area contributed by atoms with Crippen molar-refractivity contribution in [2.24, 2.45) is 5.92 Å². The molecule has 0 spiro atoms. The second kappa shape index (κ2) is 10.0. The van der Waals surface area contributed by atoms with Crippen molar-refractivity contribution in [1.82, 2.24) is 20.4 Å². The third-order valence-corrected chi connectivity index (χ3v) is 6.12. The first-order chi connectivity index (χ1) is 15.8. The Morgan fingerprint density at radius 3 is 2.45 bits per heavy atom. The molecule has 4 rings (SSSR count). The van der Waals surface area contributed by atoms with Crippen LogP contribution in [0.5, 0.6) is 0 Å². The number of carbonyl (C=O) groups excluding carboxylic acids is 1. The zero-order valence-corrected chi connectivity index (χ0v) is 18.2. The number of benzene rings is 1. The van der Waals surface area contributed by atoms with Gasteiger partial charge >= 0.3 is 6.18 Å². The van der Waals surface area contributed by atoms with E-state index in [1.807, 2.05) is 9.80 Å². The molecule has 1 amide bonds. The minimum absolute atomic E-state index is 0.0198. The van der Waals surface area contributed by atoms with E-state index in [1.165, 1.54) is 12.8 Å². The van der Waals surface area contributed by atoms with Crippen LogP contribution < -0.4 is 10.2 Å². The van der Waals surface area contributed by atoms with Crippen LogP contribution in [0.2, 0.25) is 0 Å². The zero-order valence-electron chi connectivity index (χ0n) is 18.2. The van der Waals surface area contributed by atoms with Gasteiger partial charge in [0.05, 0.1) is 5.56 Å². The predicted octanol–water partition coefficient (Wildman–Crippen LogP) is 3.88. The molecule has 0 bridgehead atoms. The number of hydrogen-bond acceptors (Lipinski definition) is 5. The van der Waals surface area contributed by atoms with E-state index in [1.54, 1.807) is 12.1 Å². The number of nitrogens with zero attached hydrogens (tertiary/aromatic N) is 4. The third-order valence-electron chi connectivity index (χ3n) is 6.12. The van der Waals surface area contributed by atoms with Crippen LogP contribution in [-0.2, 0) is 12.7 Å². The van der Waals surface area contributed by atoms with E-state index in [0.717, 1.165) is 37.0 Å². The van der Waals surface area contributed by atoms with Crippen molar-refractivity contribution in [2.75, 3.05) is 37.6 Å². The maximum atomic E-state index is 13.5. The Morgan fingerprint density at radius 2 is 1.82 bits per heavy atom. The fourth-order valence-corrected chi connectivity index (χ4v) is 4.05. The van der Waals surface area contributed by atoms with Crippen molar-refractivity contribution >= 4 is 11.7 Å². The van der Waals surface area contributed by atoms with Crippen LogP contribution in [0.25, 0.3) is 0 Å². The van der Waals surface area contributed by atoms with Gasteiger partial charge < -0.3 is 10.2 Å². The molecule has 2 fully saturated rings. The first kappa shape index (κ1) is 23.4. The highest BCUT2D eigenvalue weighted by atomic mass is 19.4. The summed E-state index contributed by atoms with van der Waals surface area (Å²) in [6, 6.07) is 5.95. The lowest BCUT2D eigenvalue weighted by atomic mass is 10.1. The molecule has 0 atom stereocenters. The van der Waals surface area contributed by atoms with Crippen LogP contribution >= 0.6 is 0 Å². The van der Waals surface area contributed by atoms with Crippen molar-refractivity contribution in [2.45, 2.75) is 38.4 Å². The van der Waals surface area contributed by atoms with Crippen LogP contribution in [0.3, 0.4) is 0 Å². The first-order valence-electron chi connectivity index (χ1n) is 11.2. The monoisotopic (exact) mass is 465 g/mol. The summed E-state index contributed by atoms with van der Waals surface area (Å²) in [5.74, 6) is 0.521. The Kier molecular flexibility index (Phi) is 7.11. The van der Waals surface area contributed by atoms with E-state index in [2.05, 4.69) is 15.5 Å². The van der Waals surface area contributed by atoms with Crippen molar-refractivity contribution in [3.63, 3.8) is 0 Å². The van der Waals surface area contributed by atoms with Gasteiger partial charge in [0.25, 0.3) is 5.91 Å². The topological polar surface area (TPSA) is 61.4 Å². The van der Waals surface area contributed by atoms with Gasteiger partial charge in [0.1, 0.15) is 5.82 Å².